The lowest BCUT2D eigenvalue weighted by molar-refractivity contribution is -0.142. The number of carbonyl (C=O) groups excluding carboxylic acids is 1. The monoisotopic (exact) mass is 235 g/mol. The highest BCUT2D eigenvalue weighted by Crippen LogP contribution is 2.21. The van der Waals surface area contributed by atoms with Crippen molar-refractivity contribution in [1.82, 2.24) is 0 Å². The lowest BCUT2D eigenvalue weighted by atomic mass is 10.1. The van der Waals surface area contributed by atoms with E-state index in [9.17, 15) is 4.79 Å². The van der Waals surface area contributed by atoms with E-state index in [0.717, 1.165) is 11.3 Å². The molecule has 3 nitrogen and oxygen atoms in total. The van der Waals surface area contributed by atoms with E-state index in [4.69, 9.17) is 4.74 Å². The van der Waals surface area contributed by atoms with Gasteiger partial charge in [0.25, 0.3) is 0 Å². The van der Waals surface area contributed by atoms with Gasteiger partial charge in [0.05, 0.1) is 0 Å². The van der Waals surface area contributed by atoms with E-state index in [1.54, 1.807) is 0 Å². The van der Waals surface area contributed by atoms with Gasteiger partial charge in [0.1, 0.15) is 6.61 Å². The Morgan fingerprint density at radius 2 is 2.00 bits per heavy atom. The molecular weight excluding hydrogens is 214 g/mol. The van der Waals surface area contributed by atoms with Crippen LogP contribution in [0.3, 0.4) is 0 Å². The van der Waals surface area contributed by atoms with Gasteiger partial charge in [-0.1, -0.05) is 12.1 Å². The molecule has 0 saturated carbocycles. The zero-order valence-corrected chi connectivity index (χ0v) is 11.3. The standard InChI is InChI=1S/C14H21NO2/c1-10-6-7-12(9-17-11(2)16)8-13(10)15-14(3,4)5/h6-8,15H,9H2,1-5H3. The number of anilines is 1. The molecule has 0 unspecified atom stereocenters. The second-order valence-electron chi connectivity index (χ2n) is 5.30. The Hall–Kier alpha value is -1.51. The number of aryl methyl sites for hydroxylation is 1. The first kappa shape index (κ1) is 13.6. The van der Waals surface area contributed by atoms with Gasteiger partial charge in [-0.15, -0.1) is 0 Å². The molecule has 94 valence electrons. The lowest BCUT2D eigenvalue weighted by Gasteiger charge is -2.24. The first-order chi connectivity index (χ1) is 7.78. The highest BCUT2D eigenvalue weighted by atomic mass is 16.5. The molecule has 0 radical (unpaired) electrons. The van der Waals surface area contributed by atoms with Crippen LogP contribution in [0.1, 0.15) is 38.8 Å². The van der Waals surface area contributed by atoms with Crippen LogP contribution in [0.2, 0.25) is 0 Å². The number of esters is 1. The van der Waals surface area contributed by atoms with Gasteiger partial charge in [-0.25, -0.2) is 0 Å². The van der Waals surface area contributed by atoms with Gasteiger partial charge < -0.3 is 10.1 Å². The van der Waals surface area contributed by atoms with Crippen molar-refractivity contribution in [3.63, 3.8) is 0 Å². The second kappa shape index (κ2) is 5.21. The molecule has 17 heavy (non-hydrogen) atoms. The van der Waals surface area contributed by atoms with Crippen LogP contribution in [0, 0.1) is 6.92 Å². The first-order valence-corrected chi connectivity index (χ1v) is 5.79. The van der Waals surface area contributed by atoms with Crippen molar-refractivity contribution in [3.05, 3.63) is 29.3 Å². The summed E-state index contributed by atoms with van der Waals surface area (Å²) in [5.41, 5.74) is 3.29. The van der Waals surface area contributed by atoms with Crippen molar-refractivity contribution < 1.29 is 9.53 Å². The Bertz CT molecular complexity index is 405. The van der Waals surface area contributed by atoms with Crippen LogP contribution in [0.4, 0.5) is 5.69 Å². The number of hydrogen-bond donors (Lipinski definition) is 1. The predicted molar refractivity (Wildman–Crippen MR) is 70.0 cm³/mol. The molecule has 0 saturated heterocycles. The second-order valence-corrected chi connectivity index (χ2v) is 5.30. The Balaban J connectivity index is 2.83. The minimum atomic E-state index is -0.254. The van der Waals surface area contributed by atoms with Crippen molar-refractivity contribution in [2.75, 3.05) is 5.32 Å². The van der Waals surface area contributed by atoms with Crippen LogP contribution in [0.5, 0.6) is 0 Å². The van der Waals surface area contributed by atoms with Crippen LogP contribution < -0.4 is 5.32 Å². The zero-order valence-electron chi connectivity index (χ0n) is 11.3. The van der Waals surface area contributed by atoms with Gasteiger partial charge in [0.2, 0.25) is 0 Å². The summed E-state index contributed by atoms with van der Waals surface area (Å²) in [7, 11) is 0. The number of carbonyl (C=O) groups is 1. The van der Waals surface area contributed by atoms with Crippen molar-refractivity contribution in [2.24, 2.45) is 0 Å². The molecule has 0 heterocycles. The minimum Gasteiger partial charge on any atom is -0.461 e. The van der Waals surface area contributed by atoms with Crippen molar-refractivity contribution in [2.45, 2.75) is 46.8 Å². The lowest BCUT2D eigenvalue weighted by Crippen LogP contribution is -2.26. The number of nitrogens with one attached hydrogen (secondary N) is 1. The fourth-order valence-corrected chi connectivity index (χ4v) is 1.48. The maximum absolute atomic E-state index is 10.8. The summed E-state index contributed by atoms with van der Waals surface area (Å²) in [5.74, 6) is -0.254. The molecule has 1 aromatic carbocycles. The average molecular weight is 235 g/mol. The maximum Gasteiger partial charge on any atom is 0.302 e. The quantitative estimate of drug-likeness (QED) is 0.817. The van der Waals surface area contributed by atoms with E-state index in [0.29, 0.717) is 6.61 Å². The molecule has 1 N–H and O–H groups in total. The molecule has 0 aromatic heterocycles. The fourth-order valence-electron chi connectivity index (χ4n) is 1.48. The highest BCUT2D eigenvalue weighted by Gasteiger charge is 2.11. The third kappa shape index (κ3) is 4.89. The normalized spacial score (nSPS) is 11.1. The van der Waals surface area contributed by atoms with E-state index < -0.39 is 0 Å². The van der Waals surface area contributed by atoms with E-state index in [2.05, 4.69) is 33.0 Å². The molecule has 0 spiro atoms. The third-order valence-corrected chi connectivity index (χ3v) is 2.25. The van der Waals surface area contributed by atoms with E-state index in [1.165, 1.54) is 12.5 Å². The number of ether oxygens (including phenoxy) is 1. The summed E-state index contributed by atoms with van der Waals surface area (Å²) in [5, 5.41) is 3.44. The van der Waals surface area contributed by atoms with E-state index >= 15 is 0 Å². The van der Waals surface area contributed by atoms with Crippen LogP contribution in [0.25, 0.3) is 0 Å². The number of rotatable bonds is 3. The first-order valence-electron chi connectivity index (χ1n) is 5.79. The summed E-state index contributed by atoms with van der Waals surface area (Å²) in [6.45, 7) is 10.2. The Morgan fingerprint density at radius 3 is 2.53 bits per heavy atom. The molecule has 1 rings (SSSR count). The maximum atomic E-state index is 10.8. The van der Waals surface area contributed by atoms with Gasteiger partial charge in [0, 0.05) is 18.2 Å². The van der Waals surface area contributed by atoms with Crippen molar-refractivity contribution in [1.29, 1.82) is 0 Å². The predicted octanol–water partition coefficient (Wildman–Crippen LogP) is 3.27. The summed E-state index contributed by atoms with van der Waals surface area (Å²) >= 11 is 0. The molecule has 0 aliphatic rings. The highest BCUT2D eigenvalue weighted by molar-refractivity contribution is 5.66. The summed E-state index contributed by atoms with van der Waals surface area (Å²) in [6, 6.07) is 6.04. The molecule has 0 amide bonds. The SMILES string of the molecule is CC(=O)OCc1ccc(C)c(NC(C)(C)C)c1. The molecule has 0 bridgehead atoms. The molecular formula is C14H21NO2. The van der Waals surface area contributed by atoms with E-state index in [-0.39, 0.29) is 11.5 Å². The fraction of sp³-hybridized carbons (Fsp3) is 0.500. The smallest absolute Gasteiger partial charge is 0.302 e. The largest absolute Gasteiger partial charge is 0.461 e. The summed E-state index contributed by atoms with van der Waals surface area (Å²) in [6.07, 6.45) is 0. The molecule has 0 aliphatic heterocycles. The molecule has 0 fully saturated rings. The molecule has 1 aromatic rings. The summed E-state index contributed by atoms with van der Waals surface area (Å²) in [4.78, 5) is 10.8. The van der Waals surface area contributed by atoms with E-state index in [1.807, 2.05) is 18.2 Å². The third-order valence-electron chi connectivity index (χ3n) is 2.25. The van der Waals surface area contributed by atoms with Gasteiger partial charge in [-0.2, -0.15) is 0 Å². The van der Waals surface area contributed by atoms with Crippen molar-refractivity contribution in [3.8, 4) is 0 Å². The molecule has 0 atom stereocenters. The van der Waals surface area contributed by atoms with Crippen molar-refractivity contribution >= 4 is 11.7 Å². The van der Waals surface area contributed by atoms with Gasteiger partial charge in [-0.05, 0) is 44.9 Å². The Kier molecular flexibility index (Phi) is 4.16. The zero-order chi connectivity index (χ0) is 13.1. The van der Waals surface area contributed by atoms with Gasteiger partial charge in [-0.3, -0.25) is 4.79 Å². The molecule has 0 aliphatic carbocycles. The minimum absolute atomic E-state index is 0.0187. The summed E-state index contributed by atoms with van der Waals surface area (Å²) < 4.78 is 4.99. The van der Waals surface area contributed by atoms with Crippen LogP contribution in [0.15, 0.2) is 18.2 Å². The van der Waals surface area contributed by atoms with Gasteiger partial charge in [0.15, 0.2) is 0 Å². The Labute approximate surface area is 103 Å². The topological polar surface area (TPSA) is 38.3 Å². The van der Waals surface area contributed by atoms with Gasteiger partial charge >= 0.3 is 5.97 Å². The number of benzene rings is 1. The van der Waals surface area contributed by atoms with Crippen LogP contribution in [-0.2, 0) is 16.1 Å². The number of hydrogen-bond acceptors (Lipinski definition) is 3. The van der Waals surface area contributed by atoms with Crippen LogP contribution >= 0.6 is 0 Å². The average Bonchev–Trinajstić information content (AvgIpc) is 2.17. The Morgan fingerprint density at radius 1 is 1.35 bits per heavy atom. The van der Waals surface area contributed by atoms with Crippen LogP contribution in [-0.4, -0.2) is 11.5 Å². The molecule has 3 heteroatoms.